The average molecular weight is 276 g/mol. The van der Waals surface area contributed by atoms with Gasteiger partial charge < -0.3 is 5.48 Å². The van der Waals surface area contributed by atoms with Crippen LogP contribution in [0.4, 0.5) is 0 Å². The molecular weight excluding hydrogens is 270 g/mol. The fraction of sp³-hybridized carbons (Fsp3) is 0. The third kappa shape index (κ3) is 151. The Bertz CT molecular complexity index is 100. The molecule has 0 saturated carbocycles. The number of rotatable bonds is 0. The first-order valence-corrected chi connectivity index (χ1v) is 2.10. The second-order valence-electron chi connectivity index (χ2n) is 0.448. The van der Waals surface area contributed by atoms with Crippen molar-refractivity contribution in [2.75, 3.05) is 0 Å². The minimum absolute atomic E-state index is 0. The van der Waals surface area contributed by atoms with E-state index in [1.54, 1.807) is 0 Å². The molecule has 0 saturated heterocycles. The number of hydrogen-bond donors (Lipinski definition) is 2. The summed E-state index contributed by atoms with van der Waals surface area (Å²) in [6, 6.07) is 0. The third-order valence-electron chi connectivity index (χ3n) is 0. The first-order valence-electron chi connectivity index (χ1n) is 0.698. The van der Waals surface area contributed by atoms with Crippen molar-refractivity contribution < 1.29 is 56.3 Å². The molecule has 0 aliphatic heterocycles. The van der Waals surface area contributed by atoms with E-state index in [-0.39, 0.29) is 76.5 Å². The van der Waals surface area contributed by atoms with Crippen LogP contribution in [0.3, 0.4) is 0 Å². The summed E-state index contributed by atoms with van der Waals surface area (Å²) < 4.78 is 31.6. The molecule has 0 rings (SSSR count). The number of hydrogen-bond acceptors (Lipinski definition) is 2. The van der Waals surface area contributed by atoms with E-state index >= 15 is 0 Å². The molecule has 0 heterocycles. The molecule has 5 nitrogen and oxygen atoms in total. The summed E-state index contributed by atoms with van der Waals surface area (Å²) in [6.07, 6.45) is 0. The van der Waals surface area contributed by atoms with E-state index in [0.717, 1.165) is 0 Å². The summed E-state index contributed by atoms with van der Waals surface area (Å²) in [6.45, 7) is 0. The van der Waals surface area contributed by atoms with Gasteiger partial charge in [0.2, 0.25) is 0 Å². The molecule has 0 atom stereocenters. The molecule has 1 radical (unpaired) electrons. The molecule has 0 fully saturated rings. The Morgan fingerprint density at radius 1 is 1.11 bits per heavy atom. The maximum absolute atomic E-state index is 8.74. The molecule has 4 N–H and O–H groups in total. The van der Waals surface area contributed by atoms with Crippen molar-refractivity contribution >= 4 is 48.1 Å². The summed E-state index contributed by atoms with van der Waals surface area (Å²) in [5.41, 5.74) is 0. The molecule has 0 aromatic carbocycles. The van der Waals surface area contributed by atoms with E-state index < -0.39 is 10.4 Å². The Morgan fingerprint density at radius 3 is 1.11 bits per heavy atom. The van der Waals surface area contributed by atoms with Gasteiger partial charge in [0.15, 0.2) is 0 Å². The van der Waals surface area contributed by atoms with E-state index in [1.807, 2.05) is 0 Å². The van der Waals surface area contributed by atoms with Crippen molar-refractivity contribution in [2.24, 2.45) is 0 Å². The Labute approximate surface area is 103 Å². The summed E-state index contributed by atoms with van der Waals surface area (Å²) in [5.74, 6) is 0. The topological polar surface area (TPSA) is 106 Å². The van der Waals surface area contributed by atoms with Gasteiger partial charge in [-0.1, -0.05) is 0 Å². The van der Waals surface area contributed by atoms with Crippen LogP contribution in [0.25, 0.3) is 0 Å². The van der Waals surface area contributed by atoms with E-state index in [0.29, 0.717) is 0 Å². The molecular formula is H6CaCoNiO5S. The second kappa shape index (κ2) is 12.7. The van der Waals surface area contributed by atoms with Crippen LogP contribution < -0.4 is 0 Å². The first kappa shape index (κ1) is 30.4. The molecule has 9 heteroatoms. The van der Waals surface area contributed by atoms with Gasteiger partial charge in [0.1, 0.15) is 0 Å². The predicted molar refractivity (Wildman–Crippen MR) is 26.3 cm³/mol. The zero-order valence-electron chi connectivity index (χ0n) is 3.27. The third-order valence-corrected chi connectivity index (χ3v) is 0. The monoisotopic (exact) mass is 275 g/mol. The average Bonchev–Trinajstić information content (AvgIpc) is 0.722. The molecule has 0 aromatic heterocycles. The fourth-order valence-electron chi connectivity index (χ4n) is 0. The van der Waals surface area contributed by atoms with Crippen LogP contribution in [0.15, 0.2) is 0 Å². The maximum atomic E-state index is 8.74. The quantitative estimate of drug-likeness (QED) is 0.380. The van der Waals surface area contributed by atoms with E-state index in [2.05, 4.69) is 0 Å². The standard InChI is InChI=1S/Ca.Co.Ni.H2O4S.H2O.2H/c;;;1-5(2,3)4;;;/h;;;(H2,1,2,3,4);1H2;;. The van der Waals surface area contributed by atoms with Gasteiger partial charge in [0, 0.05) is 33.3 Å². The van der Waals surface area contributed by atoms with Crippen molar-refractivity contribution in [3.63, 3.8) is 0 Å². The molecule has 0 unspecified atom stereocenters. The molecule has 0 aliphatic carbocycles. The van der Waals surface area contributed by atoms with Crippen LogP contribution in [-0.4, -0.2) is 60.7 Å². The molecule has 63 valence electrons. The Balaban J connectivity index is -0.0000000133. The van der Waals surface area contributed by atoms with Crippen LogP contribution in [0.5, 0.6) is 0 Å². The summed E-state index contributed by atoms with van der Waals surface area (Å²) in [5, 5.41) is 0. The minimum Gasteiger partial charge on any atom is 0 e. The van der Waals surface area contributed by atoms with Crippen molar-refractivity contribution in [1.82, 2.24) is 0 Å². The van der Waals surface area contributed by atoms with Crippen LogP contribution in [-0.2, 0) is 43.7 Å². The van der Waals surface area contributed by atoms with Crippen molar-refractivity contribution in [3.8, 4) is 0 Å². The summed E-state index contributed by atoms with van der Waals surface area (Å²) in [4.78, 5) is 0. The molecule has 0 amide bonds. The predicted octanol–water partition coefficient (Wildman–Crippen LogP) is -2.40. The maximum Gasteiger partial charge on any atom is 0 e. The van der Waals surface area contributed by atoms with E-state index in [1.165, 1.54) is 0 Å². The molecule has 0 bridgehead atoms. The zero-order chi connectivity index (χ0) is 4.50. The Morgan fingerprint density at radius 2 is 1.11 bits per heavy atom. The Hall–Kier alpha value is 2.09. The minimum atomic E-state index is -4.67. The van der Waals surface area contributed by atoms with Gasteiger partial charge in [-0.05, 0) is 0 Å². The normalized spacial score (nSPS) is 6.44. The van der Waals surface area contributed by atoms with Crippen molar-refractivity contribution in [3.05, 3.63) is 0 Å². The van der Waals surface area contributed by atoms with Gasteiger partial charge in [-0.2, -0.15) is 8.42 Å². The molecule has 0 aliphatic rings. The molecule has 0 spiro atoms. The summed E-state index contributed by atoms with van der Waals surface area (Å²) >= 11 is 0. The molecule has 9 heavy (non-hydrogen) atoms. The van der Waals surface area contributed by atoms with Crippen LogP contribution in [0, 0.1) is 0 Å². The zero-order valence-corrected chi connectivity index (χ0v) is 6.11. The first-order chi connectivity index (χ1) is 2.00. The van der Waals surface area contributed by atoms with Gasteiger partial charge in [-0.15, -0.1) is 0 Å². The van der Waals surface area contributed by atoms with Crippen LogP contribution in [0.2, 0.25) is 0 Å². The van der Waals surface area contributed by atoms with Gasteiger partial charge in [0.05, 0.1) is 0 Å². The largest absolute Gasteiger partial charge is 0 e. The van der Waals surface area contributed by atoms with Crippen molar-refractivity contribution in [2.45, 2.75) is 0 Å². The van der Waals surface area contributed by atoms with Gasteiger partial charge in [-0.3, -0.25) is 9.11 Å². The van der Waals surface area contributed by atoms with E-state index in [9.17, 15) is 0 Å². The van der Waals surface area contributed by atoms with Gasteiger partial charge in [-0.25, -0.2) is 0 Å². The van der Waals surface area contributed by atoms with E-state index in [4.69, 9.17) is 17.5 Å². The van der Waals surface area contributed by atoms with Crippen LogP contribution in [0.1, 0.15) is 0 Å². The van der Waals surface area contributed by atoms with Gasteiger partial charge >= 0.3 is 48.1 Å². The van der Waals surface area contributed by atoms with Crippen LogP contribution >= 0.6 is 0 Å². The Kier molecular flexibility index (Phi) is 43.1. The summed E-state index contributed by atoms with van der Waals surface area (Å²) in [7, 11) is -4.67. The fourth-order valence-corrected chi connectivity index (χ4v) is 0. The smallest absolute Gasteiger partial charge is 0 e. The van der Waals surface area contributed by atoms with Gasteiger partial charge in [0.25, 0.3) is 0 Å². The van der Waals surface area contributed by atoms with Crippen molar-refractivity contribution in [1.29, 1.82) is 0 Å². The molecule has 0 aromatic rings. The second-order valence-corrected chi connectivity index (χ2v) is 1.34. The SMILES string of the molecule is O.O=S(=O)(O)O.[CaH2].[Co].[Ni].